The van der Waals surface area contributed by atoms with E-state index < -0.39 is 9.05 Å². The highest BCUT2D eigenvalue weighted by Crippen LogP contribution is 2.24. The summed E-state index contributed by atoms with van der Waals surface area (Å²) in [4.78, 5) is 3.91. The minimum absolute atomic E-state index is 0.293. The van der Waals surface area contributed by atoms with Gasteiger partial charge in [-0.3, -0.25) is 4.57 Å². The molecule has 7 nitrogen and oxygen atoms in total. The summed E-state index contributed by atoms with van der Waals surface area (Å²) in [5.41, 5.74) is 0.602. The van der Waals surface area contributed by atoms with Gasteiger partial charge in [-0.25, -0.2) is 13.4 Å². The van der Waals surface area contributed by atoms with Gasteiger partial charge < -0.3 is 4.42 Å². The molecule has 0 amide bonds. The third kappa shape index (κ3) is 2.05. The monoisotopic (exact) mass is 276 g/mol. The lowest BCUT2D eigenvalue weighted by Gasteiger charge is -2.03. The van der Waals surface area contributed by atoms with E-state index in [1.807, 2.05) is 0 Å². The Balaban J connectivity index is 2.66. The molecule has 0 N–H and O–H groups in total. The van der Waals surface area contributed by atoms with E-state index in [1.165, 1.54) is 11.0 Å². The topological polar surface area (TPSA) is 90.9 Å². The van der Waals surface area contributed by atoms with Gasteiger partial charge in [-0.15, -0.1) is 10.2 Å². The van der Waals surface area contributed by atoms with Crippen LogP contribution in [0.5, 0.6) is 0 Å². The number of oxazole rings is 1. The van der Waals surface area contributed by atoms with Crippen LogP contribution >= 0.6 is 10.7 Å². The van der Waals surface area contributed by atoms with Crippen molar-refractivity contribution in [1.29, 1.82) is 0 Å². The van der Waals surface area contributed by atoms with Gasteiger partial charge in [0.2, 0.25) is 5.82 Å². The second kappa shape index (κ2) is 4.11. The Morgan fingerprint density at radius 2 is 2.18 bits per heavy atom. The molecule has 2 aromatic heterocycles. The average Bonchev–Trinajstić information content (AvgIpc) is 2.81. The van der Waals surface area contributed by atoms with E-state index in [0.717, 1.165) is 0 Å². The Labute approximate surface area is 102 Å². The molecule has 0 bridgehead atoms. The van der Waals surface area contributed by atoms with Crippen LogP contribution in [-0.4, -0.2) is 28.2 Å². The highest BCUT2D eigenvalue weighted by atomic mass is 35.7. The Morgan fingerprint density at radius 1 is 1.47 bits per heavy atom. The van der Waals surface area contributed by atoms with Crippen molar-refractivity contribution in [3.05, 3.63) is 12.1 Å². The molecule has 0 fully saturated rings. The molecule has 9 heteroatoms. The quantitative estimate of drug-likeness (QED) is 0.782. The number of aromatic nitrogens is 4. The third-order valence-corrected chi connectivity index (χ3v) is 3.35. The molecule has 0 atom stereocenters. The first-order valence-corrected chi connectivity index (χ1v) is 7.04. The van der Waals surface area contributed by atoms with Crippen LogP contribution in [0.1, 0.15) is 12.6 Å². The minimum Gasteiger partial charge on any atom is -0.440 e. The second-order valence-electron chi connectivity index (χ2n) is 3.26. The van der Waals surface area contributed by atoms with Crippen LogP contribution in [0.3, 0.4) is 0 Å². The number of aryl methyl sites for hydroxylation is 1. The van der Waals surface area contributed by atoms with Crippen LogP contribution in [-0.2, 0) is 15.6 Å². The van der Waals surface area contributed by atoms with Gasteiger partial charge >= 0.3 is 0 Å². The van der Waals surface area contributed by atoms with Crippen LogP contribution in [0.15, 0.2) is 16.0 Å². The van der Waals surface area contributed by atoms with Crippen molar-refractivity contribution in [3.63, 3.8) is 0 Å². The summed E-state index contributed by atoms with van der Waals surface area (Å²) < 4.78 is 29.1. The maximum Gasteiger partial charge on any atom is 0.296 e. The molecule has 0 spiro atoms. The van der Waals surface area contributed by atoms with E-state index in [4.69, 9.17) is 15.1 Å². The van der Waals surface area contributed by atoms with E-state index in [1.54, 1.807) is 13.8 Å². The van der Waals surface area contributed by atoms with E-state index in [9.17, 15) is 8.42 Å². The van der Waals surface area contributed by atoms with Crippen molar-refractivity contribution >= 4 is 19.7 Å². The Hall–Kier alpha value is -1.41. The molecular weight excluding hydrogens is 268 g/mol. The number of hydrogen-bond donors (Lipinski definition) is 0. The molecule has 17 heavy (non-hydrogen) atoms. The largest absolute Gasteiger partial charge is 0.440 e. The smallest absolute Gasteiger partial charge is 0.296 e. The lowest BCUT2D eigenvalue weighted by atomic mass is 10.3. The zero-order valence-electron chi connectivity index (χ0n) is 9.08. The number of rotatable bonds is 3. The average molecular weight is 277 g/mol. The fourth-order valence-electron chi connectivity index (χ4n) is 1.44. The molecule has 0 aromatic carbocycles. The molecule has 2 aromatic rings. The zero-order valence-corrected chi connectivity index (χ0v) is 10.7. The molecule has 0 saturated heterocycles. The molecule has 2 heterocycles. The standard InChI is InChI=1S/C8H9ClN4O3S/c1-3-13-7(6-5(2)10-4-16-6)11-12-8(13)17(9,14)15/h4H,3H2,1-2H3. The van der Waals surface area contributed by atoms with Crippen LogP contribution in [0.4, 0.5) is 0 Å². The van der Waals surface area contributed by atoms with E-state index in [0.29, 0.717) is 23.8 Å². The first kappa shape index (κ1) is 12.1. The predicted molar refractivity (Wildman–Crippen MR) is 59.0 cm³/mol. The van der Waals surface area contributed by atoms with Gasteiger partial charge in [-0.05, 0) is 13.8 Å². The van der Waals surface area contributed by atoms with Gasteiger partial charge in [0, 0.05) is 17.2 Å². The SMILES string of the molecule is CCn1c(-c2ocnc2C)nnc1S(=O)(=O)Cl. The Kier molecular flexibility index (Phi) is 2.92. The summed E-state index contributed by atoms with van der Waals surface area (Å²) in [7, 11) is 1.33. The van der Waals surface area contributed by atoms with Crippen LogP contribution in [0.25, 0.3) is 11.6 Å². The molecule has 92 valence electrons. The minimum atomic E-state index is -3.93. The number of halogens is 1. The fourth-order valence-corrected chi connectivity index (χ4v) is 2.40. The van der Waals surface area contributed by atoms with E-state index in [-0.39, 0.29) is 5.16 Å². The highest BCUT2D eigenvalue weighted by Gasteiger charge is 2.24. The maximum absolute atomic E-state index is 11.3. The lowest BCUT2D eigenvalue weighted by Crippen LogP contribution is -2.06. The van der Waals surface area contributed by atoms with Gasteiger partial charge in [-0.2, -0.15) is 0 Å². The molecule has 0 aliphatic carbocycles. The van der Waals surface area contributed by atoms with Gasteiger partial charge in [0.25, 0.3) is 14.2 Å². The lowest BCUT2D eigenvalue weighted by molar-refractivity contribution is 0.553. The van der Waals surface area contributed by atoms with Gasteiger partial charge in [0.1, 0.15) is 0 Å². The van der Waals surface area contributed by atoms with Gasteiger partial charge in [-0.1, -0.05) is 0 Å². The molecule has 0 radical (unpaired) electrons. The van der Waals surface area contributed by atoms with Gasteiger partial charge in [0.15, 0.2) is 12.2 Å². The first-order valence-electron chi connectivity index (χ1n) is 4.73. The van der Waals surface area contributed by atoms with Crippen LogP contribution in [0, 0.1) is 6.92 Å². The van der Waals surface area contributed by atoms with E-state index >= 15 is 0 Å². The summed E-state index contributed by atoms with van der Waals surface area (Å²) in [6, 6.07) is 0. The van der Waals surface area contributed by atoms with E-state index in [2.05, 4.69) is 15.2 Å². The molecule has 0 saturated carbocycles. The van der Waals surface area contributed by atoms with Crippen molar-refractivity contribution in [3.8, 4) is 11.6 Å². The maximum atomic E-state index is 11.3. The van der Waals surface area contributed by atoms with Crippen molar-refractivity contribution in [1.82, 2.24) is 19.7 Å². The van der Waals surface area contributed by atoms with Crippen LogP contribution < -0.4 is 0 Å². The summed E-state index contributed by atoms with van der Waals surface area (Å²) >= 11 is 0. The van der Waals surface area contributed by atoms with Crippen LogP contribution in [0.2, 0.25) is 0 Å². The van der Waals surface area contributed by atoms with Crippen molar-refractivity contribution < 1.29 is 12.8 Å². The van der Waals surface area contributed by atoms with Gasteiger partial charge in [0.05, 0.1) is 5.69 Å². The summed E-state index contributed by atoms with van der Waals surface area (Å²) in [6.45, 7) is 3.83. The molecule has 0 aliphatic rings. The molecular formula is C8H9ClN4O3S. The van der Waals surface area contributed by atoms with Crippen molar-refractivity contribution in [2.45, 2.75) is 25.5 Å². The van der Waals surface area contributed by atoms with Crippen molar-refractivity contribution in [2.24, 2.45) is 0 Å². The zero-order chi connectivity index (χ0) is 12.6. The third-order valence-electron chi connectivity index (χ3n) is 2.20. The Bertz CT molecular complexity index is 646. The van der Waals surface area contributed by atoms with Crippen molar-refractivity contribution in [2.75, 3.05) is 0 Å². The number of nitrogens with zero attached hydrogens (tertiary/aromatic N) is 4. The molecule has 0 aliphatic heterocycles. The summed E-state index contributed by atoms with van der Waals surface area (Å²) in [5.74, 6) is 0.674. The summed E-state index contributed by atoms with van der Waals surface area (Å²) in [5, 5.41) is 7.03. The normalized spacial score (nSPS) is 11.9. The fraction of sp³-hybridized carbons (Fsp3) is 0.375. The molecule has 2 rings (SSSR count). The number of hydrogen-bond acceptors (Lipinski definition) is 6. The second-order valence-corrected chi connectivity index (χ2v) is 5.71. The Morgan fingerprint density at radius 3 is 2.65 bits per heavy atom. The molecule has 0 unspecified atom stereocenters. The first-order chi connectivity index (χ1) is 7.95. The highest BCUT2D eigenvalue weighted by molar-refractivity contribution is 8.13. The summed E-state index contributed by atoms with van der Waals surface area (Å²) in [6.07, 6.45) is 1.26. The predicted octanol–water partition coefficient (Wildman–Crippen LogP) is 1.19.